The number of benzene rings is 1. The lowest BCUT2D eigenvalue weighted by Gasteiger charge is -2.28. The maximum Gasteiger partial charge on any atom is 0.140 e. The number of rotatable bonds is 4. The number of methoxy groups -OCH3 is 2. The highest BCUT2D eigenvalue weighted by molar-refractivity contribution is 5.89. The second-order valence-electron chi connectivity index (χ2n) is 4.91. The Kier molecular flexibility index (Phi) is 3.60. The van der Waals surface area contributed by atoms with Crippen LogP contribution in [0.5, 0.6) is 11.5 Å². The van der Waals surface area contributed by atoms with Crippen LogP contribution in [0.1, 0.15) is 38.2 Å². The van der Waals surface area contributed by atoms with Gasteiger partial charge in [0.1, 0.15) is 17.3 Å². The van der Waals surface area contributed by atoms with E-state index in [0.717, 1.165) is 42.7 Å². The molecule has 1 fully saturated rings. The SMILES string of the molecule is COc1ccc(C2(C(C)=O)CCCC2)c(OC)c1. The average molecular weight is 248 g/mol. The minimum Gasteiger partial charge on any atom is -0.497 e. The molecule has 0 bridgehead atoms. The fraction of sp³-hybridized carbons (Fsp3) is 0.533. The highest BCUT2D eigenvalue weighted by Gasteiger charge is 2.42. The second kappa shape index (κ2) is 5.01. The lowest BCUT2D eigenvalue weighted by Crippen LogP contribution is -2.31. The number of hydrogen-bond donors (Lipinski definition) is 0. The van der Waals surface area contributed by atoms with Gasteiger partial charge in [0.2, 0.25) is 0 Å². The summed E-state index contributed by atoms with van der Waals surface area (Å²) in [5.74, 6) is 1.75. The third kappa shape index (κ3) is 1.98. The summed E-state index contributed by atoms with van der Waals surface area (Å²) in [6.45, 7) is 1.69. The molecular weight excluding hydrogens is 228 g/mol. The monoisotopic (exact) mass is 248 g/mol. The van der Waals surface area contributed by atoms with Crippen molar-refractivity contribution in [3.8, 4) is 11.5 Å². The molecule has 2 rings (SSSR count). The number of ketones is 1. The molecule has 0 unspecified atom stereocenters. The third-order valence-corrected chi connectivity index (χ3v) is 4.06. The van der Waals surface area contributed by atoms with Gasteiger partial charge in [0.25, 0.3) is 0 Å². The topological polar surface area (TPSA) is 35.5 Å². The van der Waals surface area contributed by atoms with Gasteiger partial charge >= 0.3 is 0 Å². The Hall–Kier alpha value is -1.51. The Bertz CT molecular complexity index is 445. The first-order valence-corrected chi connectivity index (χ1v) is 6.37. The first kappa shape index (κ1) is 12.9. The molecule has 0 amide bonds. The standard InChI is InChI=1S/C15H20O3/c1-11(16)15(8-4-5-9-15)13-7-6-12(17-2)10-14(13)18-3/h6-7,10H,4-5,8-9H2,1-3H3. The molecule has 0 spiro atoms. The van der Waals surface area contributed by atoms with Crippen molar-refractivity contribution < 1.29 is 14.3 Å². The molecule has 98 valence electrons. The van der Waals surface area contributed by atoms with Gasteiger partial charge in [-0.3, -0.25) is 4.79 Å². The molecule has 3 heteroatoms. The van der Waals surface area contributed by atoms with Crippen LogP contribution in [0.3, 0.4) is 0 Å². The molecule has 0 aromatic heterocycles. The smallest absolute Gasteiger partial charge is 0.140 e. The maximum absolute atomic E-state index is 12.1. The average Bonchev–Trinajstić information content (AvgIpc) is 2.88. The van der Waals surface area contributed by atoms with E-state index >= 15 is 0 Å². The van der Waals surface area contributed by atoms with Gasteiger partial charge in [-0.25, -0.2) is 0 Å². The quantitative estimate of drug-likeness (QED) is 0.821. The van der Waals surface area contributed by atoms with E-state index in [9.17, 15) is 4.79 Å². The molecular formula is C15H20O3. The molecule has 1 aliphatic carbocycles. The number of carbonyl (C=O) groups is 1. The Balaban J connectivity index is 2.51. The lowest BCUT2D eigenvalue weighted by molar-refractivity contribution is -0.122. The van der Waals surface area contributed by atoms with Gasteiger partial charge in [0.05, 0.1) is 19.6 Å². The van der Waals surface area contributed by atoms with Gasteiger partial charge in [0, 0.05) is 11.6 Å². The first-order chi connectivity index (χ1) is 8.64. The van der Waals surface area contributed by atoms with Crippen LogP contribution in [0.15, 0.2) is 18.2 Å². The summed E-state index contributed by atoms with van der Waals surface area (Å²) in [7, 11) is 3.27. The molecule has 0 heterocycles. The van der Waals surface area contributed by atoms with Crippen LogP contribution in [0.25, 0.3) is 0 Å². The van der Waals surface area contributed by atoms with E-state index < -0.39 is 0 Å². The van der Waals surface area contributed by atoms with Crippen molar-refractivity contribution >= 4 is 5.78 Å². The summed E-state index contributed by atoms with van der Waals surface area (Å²) in [5.41, 5.74) is 0.660. The van der Waals surface area contributed by atoms with E-state index in [-0.39, 0.29) is 11.2 Å². The Morgan fingerprint density at radius 3 is 2.33 bits per heavy atom. The lowest BCUT2D eigenvalue weighted by atomic mass is 9.75. The molecule has 0 saturated heterocycles. The molecule has 3 nitrogen and oxygen atoms in total. The van der Waals surface area contributed by atoms with E-state index in [1.54, 1.807) is 21.1 Å². The molecule has 1 aromatic carbocycles. The number of carbonyl (C=O) groups excluding carboxylic acids is 1. The van der Waals surface area contributed by atoms with Gasteiger partial charge in [-0.1, -0.05) is 18.9 Å². The molecule has 18 heavy (non-hydrogen) atoms. The molecule has 1 aromatic rings. The molecule has 0 radical (unpaired) electrons. The number of ether oxygens (including phenoxy) is 2. The van der Waals surface area contributed by atoms with Crippen molar-refractivity contribution in [3.63, 3.8) is 0 Å². The van der Waals surface area contributed by atoms with Gasteiger partial charge in [-0.05, 0) is 25.8 Å². The van der Waals surface area contributed by atoms with Gasteiger partial charge < -0.3 is 9.47 Å². The van der Waals surface area contributed by atoms with Crippen LogP contribution < -0.4 is 9.47 Å². The molecule has 1 aliphatic rings. The van der Waals surface area contributed by atoms with Gasteiger partial charge in [-0.2, -0.15) is 0 Å². The highest BCUT2D eigenvalue weighted by Crippen LogP contribution is 2.46. The van der Waals surface area contributed by atoms with Crippen LogP contribution in [0, 0.1) is 0 Å². The normalized spacial score (nSPS) is 17.5. The van der Waals surface area contributed by atoms with Crippen LogP contribution in [-0.4, -0.2) is 20.0 Å². The van der Waals surface area contributed by atoms with Crippen molar-refractivity contribution in [1.29, 1.82) is 0 Å². The molecule has 1 saturated carbocycles. The van der Waals surface area contributed by atoms with Crippen LogP contribution in [-0.2, 0) is 10.2 Å². The Morgan fingerprint density at radius 2 is 1.83 bits per heavy atom. The summed E-state index contributed by atoms with van der Waals surface area (Å²) in [6.07, 6.45) is 4.06. The second-order valence-corrected chi connectivity index (χ2v) is 4.91. The van der Waals surface area contributed by atoms with Crippen LogP contribution >= 0.6 is 0 Å². The maximum atomic E-state index is 12.1. The summed E-state index contributed by atoms with van der Waals surface area (Å²) in [5, 5.41) is 0. The summed E-state index contributed by atoms with van der Waals surface area (Å²) in [6, 6.07) is 5.74. The fourth-order valence-electron chi connectivity index (χ4n) is 2.98. The van der Waals surface area contributed by atoms with Crippen LogP contribution in [0.4, 0.5) is 0 Å². The van der Waals surface area contributed by atoms with Crippen molar-refractivity contribution in [1.82, 2.24) is 0 Å². The zero-order valence-corrected chi connectivity index (χ0v) is 11.3. The summed E-state index contributed by atoms with van der Waals surface area (Å²) >= 11 is 0. The number of Topliss-reactive ketones (excluding diaryl/α,β-unsaturated/α-hetero) is 1. The largest absolute Gasteiger partial charge is 0.497 e. The van der Waals surface area contributed by atoms with E-state index in [2.05, 4.69) is 0 Å². The van der Waals surface area contributed by atoms with E-state index in [1.807, 2.05) is 18.2 Å². The summed E-state index contributed by atoms with van der Waals surface area (Å²) in [4.78, 5) is 12.1. The fourth-order valence-corrected chi connectivity index (χ4v) is 2.98. The molecule has 0 aliphatic heterocycles. The Labute approximate surface area is 108 Å². The first-order valence-electron chi connectivity index (χ1n) is 6.37. The van der Waals surface area contributed by atoms with Crippen molar-refractivity contribution in [2.24, 2.45) is 0 Å². The predicted octanol–water partition coefficient (Wildman–Crippen LogP) is 3.10. The Morgan fingerprint density at radius 1 is 1.17 bits per heavy atom. The molecule has 0 N–H and O–H groups in total. The summed E-state index contributed by atoms with van der Waals surface area (Å²) < 4.78 is 10.6. The third-order valence-electron chi connectivity index (χ3n) is 4.06. The van der Waals surface area contributed by atoms with E-state index in [0.29, 0.717) is 0 Å². The van der Waals surface area contributed by atoms with Gasteiger partial charge in [-0.15, -0.1) is 0 Å². The minimum absolute atomic E-state index is 0.239. The highest BCUT2D eigenvalue weighted by atomic mass is 16.5. The van der Waals surface area contributed by atoms with E-state index in [4.69, 9.17) is 9.47 Å². The minimum atomic E-state index is -0.350. The predicted molar refractivity (Wildman–Crippen MR) is 70.4 cm³/mol. The van der Waals surface area contributed by atoms with Crippen molar-refractivity contribution in [2.45, 2.75) is 38.0 Å². The molecule has 0 atom stereocenters. The van der Waals surface area contributed by atoms with Crippen molar-refractivity contribution in [2.75, 3.05) is 14.2 Å². The van der Waals surface area contributed by atoms with E-state index in [1.165, 1.54) is 0 Å². The zero-order chi connectivity index (χ0) is 13.2. The number of hydrogen-bond acceptors (Lipinski definition) is 3. The zero-order valence-electron chi connectivity index (χ0n) is 11.3. The van der Waals surface area contributed by atoms with Crippen LogP contribution in [0.2, 0.25) is 0 Å². The van der Waals surface area contributed by atoms with Crippen molar-refractivity contribution in [3.05, 3.63) is 23.8 Å². The van der Waals surface area contributed by atoms with Gasteiger partial charge in [0.15, 0.2) is 0 Å².